The van der Waals surface area contributed by atoms with Crippen LogP contribution >= 0.6 is 0 Å². The van der Waals surface area contributed by atoms with Gasteiger partial charge in [-0.25, -0.2) is 0 Å². The Bertz CT molecular complexity index is 660. The first kappa shape index (κ1) is 12.5. The maximum atomic E-state index is 3.56. The lowest BCUT2D eigenvalue weighted by Gasteiger charge is -2.25. The summed E-state index contributed by atoms with van der Waals surface area (Å²) in [5.41, 5.74) is 7.65. The van der Waals surface area contributed by atoms with Gasteiger partial charge >= 0.3 is 0 Å². The van der Waals surface area contributed by atoms with E-state index in [9.17, 15) is 0 Å². The predicted octanol–water partition coefficient (Wildman–Crippen LogP) is 3.67. The van der Waals surface area contributed by atoms with Gasteiger partial charge in [-0.05, 0) is 74.8 Å². The maximum absolute atomic E-state index is 3.56. The summed E-state index contributed by atoms with van der Waals surface area (Å²) in [6.07, 6.45) is 5.21. The monoisotopic (exact) mass is 268 g/mol. The highest BCUT2D eigenvalue weighted by atomic mass is 15.0. The van der Waals surface area contributed by atoms with Gasteiger partial charge < -0.3 is 9.88 Å². The Morgan fingerprint density at radius 3 is 2.90 bits per heavy atom. The molecule has 2 heteroatoms. The first-order chi connectivity index (χ1) is 9.75. The van der Waals surface area contributed by atoms with Crippen LogP contribution in [0.2, 0.25) is 0 Å². The average molecular weight is 268 g/mol. The van der Waals surface area contributed by atoms with Gasteiger partial charge in [0.1, 0.15) is 0 Å². The van der Waals surface area contributed by atoms with Crippen LogP contribution < -0.4 is 5.32 Å². The minimum absolute atomic E-state index is 0.717. The van der Waals surface area contributed by atoms with Gasteiger partial charge in [-0.3, -0.25) is 0 Å². The van der Waals surface area contributed by atoms with E-state index in [0.29, 0.717) is 0 Å². The molecule has 0 aliphatic carbocycles. The van der Waals surface area contributed by atoms with Gasteiger partial charge in [-0.1, -0.05) is 6.07 Å². The van der Waals surface area contributed by atoms with E-state index < -0.39 is 0 Å². The van der Waals surface area contributed by atoms with Crippen LogP contribution in [0, 0.1) is 13.8 Å². The van der Waals surface area contributed by atoms with Gasteiger partial charge in [-0.15, -0.1) is 0 Å². The molecule has 0 radical (unpaired) electrons. The van der Waals surface area contributed by atoms with Gasteiger partial charge in [0.25, 0.3) is 0 Å². The number of nitrogens with one attached hydrogen (secondary N) is 1. The Hall–Kier alpha value is -1.28. The van der Waals surface area contributed by atoms with E-state index in [1.54, 1.807) is 11.1 Å². The third kappa shape index (κ3) is 1.74. The van der Waals surface area contributed by atoms with Crippen LogP contribution in [0.25, 0.3) is 10.9 Å². The van der Waals surface area contributed by atoms with Crippen molar-refractivity contribution in [1.82, 2.24) is 9.88 Å². The van der Waals surface area contributed by atoms with Crippen LogP contribution in [0.5, 0.6) is 0 Å². The van der Waals surface area contributed by atoms with Crippen LogP contribution in [0.3, 0.4) is 0 Å². The Labute approximate surface area is 121 Å². The topological polar surface area (TPSA) is 17.0 Å². The summed E-state index contributed by atoms with van der Waals surface area (Å²) in [7, 11) is 0. The number of benzene rings is 1. The molecule has 0 spiro atoms. The van der Waals surface area contributed by atoms with Crippen molar-refractivity contribution < 1.29 is 0 Å². The summed E-state index contributed by atoms with van der Waals surface area (Å²) in [6.45, 7) is 8.13. The molecule has 1 aromatic heterocycles. The molecular formula is C18H24N2. The number of hydrogen-bond acceptors (Lipinski definition) is 1. The molecule has 2 aliphatic heterocycles. The van der Waals surface area contributed by atoms with E-state index >= 15 is 0 Å². The molecule has 20 heavy (non-hydrogen) atoms. The molecule has 0 saturated carbocycles. The number of nitrogens with zero attached hydrogens (tertiary/aromatic N) is 1. The average Bonchev–Trinajstić information content (AvgIpc) is 2.75. The van der Waals surface area contributed by atoms with Gasteiger partial charge in [-0.2, -0.15) is 0 Å². The molecular weight excluding hydrogens is 244 g/mol. The fraction of sp³-hybridized carbons (Fsp3) is 0.556. The third-order valence-corrected chi connectivity index (χ3v) is 5.43. The Morgan fingerprint density at radius 2 is 2.10 bits per heavy atom. The molecule has 1 atom stereocenters. The molecule has 106 valence electrons. The lowest BCUT2D eigenvalue weighted by Crippen LogP contribution is -2.28. The first-order valence-corrected chi connectivity index (χ1v) is 8.08. The van der Waals surface area contributed by atoms with Crippen molar-refractivity contribution in [2.75, 3.05) is 13.1 Å². The lowest BCUT2D eigenvalue weighted by molar-refractivity contribution is 0.461. The van der Waals surface area contributed by atoms with Crippen LogP contribution in [0.15, 0.2) is 12.1 Å². The van der Waals surface area contributed by atoms with Crippen LogP contribution in [0.4, 0.5) is 0 Å². The highest BCUT2D eigenvalue weighted by Gasteiger charge is 2.22. The van der Waals surface area contributed by atoms with Crippen molar-refractivity contribution in [2.45, 2.75) is 52.0 Å². The minimum Gasteiger partial charge on any atom is -0.344 e. The summed E-state index contributed by atoms with van der Waals surface area (Å²) >= 11 is 0. The molecule has 2 aromatic rings. The number of rotatable bonds is 1. The molecule has 4 rings (SSSR count). The zero-order valence-electron chi connectivity index (χ0n) is 12.6. The lowest BCUT2D eigenvalue weighted by atomic mass is 9.88. The van der Waals surface area contributed by atoms with Gasteiger partial charge in [0.15, 0.2) is 0 Å². The van der Waals surface area contributed by atoms with E-state index in [0.717, 1.165) is 12.5 Å². The molecule has 2 aliphatic rings. The van der Waals surface area contributed by atoms with E-state index in [1.165, 1.54) is 60.9 Å². The Kier molecular flexibility index (Phi) is 2.88. The van der Waals surface area contributed by atoms with Crippen molar-refractivity contribution in [2.24, 2.45) is 0 Å². The summed E-state index contributed by atoms with van der Waals surface area (Å²) in [5, 5.41) is 5.07. The molecule has 3 heterocycles. The van der Waals surface area contributed by atoms with Crippen LogP contribution in [-0.2, 0) is 13.0 Å². The summed E-state index contributed by atoms with van der Waals surface area (Å²) in [5.74, 6) is 0.717. The smallest absolute Gasteiger partial charge is 0.0517 e. The zero-order valence-corrected chi connectivity index (χ0v) is 12.6. The summed E-state index contributed by atoms with van der Waals surface area (Å²) < 4.78 is 2.55. The second-order valence-electron chi connectivity index (χ2n) is 6.59. The molecule has 0 amide bonds. The van der Waals surface area contributed by atoms with Gasteiger partial charge in [0.2, 0.25) is 0 Å². The second kappa shape index (κ2) is 4.63. The molecule has 1 aromatic carbocycles. The molecule has 1 fully saturated rings. The molecule has 2 nitrogen and oxygen atoms in total. The standard InChI is InChI=1S/C18H24N2/c1-12-13(2)20-8-4-6-14-9-16(10-17(12)18(14)20)15-5-3-7-19-11-15/h9-10,15,19H,3-8,11H2,1-2H3. The van der Waals surface area contributed by atoms with Crippen molar-refractivity contribution in [3.63, 3.8) is 0 Å². The normalized spacial score (nSPS) is 22.4. The molecule has 0 bridgehead atoms. The van der Waals surface area contributed by atoms with E-state index in [4.69, 9.17) is 0 Å². The number of hydrogen-bond donors (Lipinski definition) is 1. The Morgan fingerprint density at radius 1 is 1.20 bits per heavy atom. The number of aryl methyl sites for hydroxylation is 3. The van der Waals surface area contributed by atoms with Gasteiger partial charge in [0.05, 0.1) is 5.52 Å². The quantitative estimate of drug-likeness (QED) is 0.835. The van der Waals surface area contributed by atoms with Crippen molar-refractivity contribution in [3.05, 3.63) is 34.5 Å². The fourth-order valence-corrected chi connectivity index (χ4v) is 4.16. The molecule has 1 unspecified atom stereocenters. The third-order valence-electron chi connectivity index (χ3n) is 5.43. The summed E-state index contributed by atoms with van der Waals surface area (Å²) in [6, 6.07) is 5.00. The SMILES string of the molecule is Cc1c(C)n2c3c(cc(C4CCCNC4)cc13)CCC2. The van der Waals surface area contributed by atoms with E-state index in [1.807, 2.05) is 0 Å². The van der Waals surface area contributed by atoms with Gasteiger partial charge in [0, 0.05) is 24.2 Å². The second-order valence-corrected chi connectivity index (χ2v) is 6.59. The first-order valence-electron chi connectivity index (χ1n) is 8.08. The zero-order chi connectivity index (χ0) is 13.7. The minimum atomic E-state index is 0.717. The van der Waals surface area contributed by atoms with E-state index in [-0.39, 0.29) is 0 Å². The fourth-order valence-electron chi connectivity index (χ4n) is 4.16. The summed E-state index contributed by atoms with van der Waals surface area (Å²) in [4.78, 5) is 0. The van der Waals surface area contributed by atoms with Crippen LogP contribution in [0.1, 0.15) is 47.6 Å². The van der Waals surface area contributed by atoms with Crippen molar-refractivity contribution in [1.29, 1.82) is 0 Å². The van der Waals surface area contributed by atoms with E-state index in [2.05, 4.69) is 35.9 Å². The van der Waals surface area contributed by atoms with Crippen LogP contribution in [-0.4, -0.2) is 17.7 Å². The predicted molar refractivity (Wildman–Crippen MR) is 84.6 cm³/mol. The highest BCUT2D eigenvalue weighted by molar-refractivity contribution is 5.89. The number of piperidine rings is 1. The van der Waals surface area contributed by atoms with Crippen molar-refractivity contribution in [3.8, 4) is 0 Å². The highest BCUT2D eigenvalue weighted by Crippen LogP contribution is 2.36. The van der Waals surface area contributed by atoms with Crippen molar-refractivity contribution >= 4 is 10.9 Å². The Balaban J connectivity index is 1.91. The molecule has 1 N–H and O–H groups in total. The largest absolute Gasteiger partial charge is 0.344 e. The maximum Gasteiger partial charge on any atom is 0.0517 e. The molecule has 1 saturated heterocycles. The number of aromatic nitrogens is 1.